The Bertz CT molecular complexity index is 2830. The molecular weight excluding hydrogens is 975 g/mol. The Balaban J connectivity index is 1.26. The summed E-state index contributed by atoms with van der Waals surface area (Å²) in [6, 6.07) is 22.9. The maximum atomic E-state index is 13.5. The SMILES string of the molecule is C=CC(=O)OCCC(=O)OC(COC(=O)C=C)COc1ccc(C(=O)Oc2ccc(OC(=O)c3ccc(OC(COC(=O)C=C)OC(=O)CCOC(=O)C=C)cc3)c(/C=N/Nc3nc4ccccc4s3)c2)cc1. The van der Waals surface area contributed by atoms with Crippen LogP contribution < -0.4 is 24.4 Å². The summed E-state index contributed by atoms with van der Waals surface area (Å²) in [5.74, 6) is -5.83. The molecule has 5 rings (SSSR count). The van der Waals surface area contributed by atoms with Gasteiger partial charge in [0.1, 0.15) is 49.4 Å². The number of thiazole rings is 1. The zero-order valence-electron chi connectivity index (χ0n) is 38.6. The fourth-order valence-corrected chi connectivity index (χ4v) is 6.39. The smallest absolute Gasteiger partial charge is 0.343 e. The molecule has 4 aromatic carbocycles. The number of nitrogens with one attached hydrogen (secondary N) is 1. The van der Waals surface area contributed by atoms with Crippen molar-refractivity contribution >= 4 is 80.7 Å². The van der Waals surface area contributed by atoms with Crippen LogP contribution in [-0.4, -0.2) is 104 Å². The van der Waals surface area contributed by atoms with Gasteiger partial charge in [-0.1, -0.05) is 49.8 Å². The molecule has 0 aliphatic rings. The minimum atomic E-state index is -1.44. The van der Waals surface area contributed by atoms with E-state index in [9.17, 15) is 38.4 Å². The number of para-hydroxylation sites is 1. The Labute approximate surface area is 420 Å². The number of hydrogen-bond acceptors (Lipinski definition) is 22. The molecule has 0 amide bonds. The Morgan fingerprint density at radius 2 is 1.15 bits per heavy atom. The lowest BCUT2D eigenvalue weighted by atomic mass is 10.2. The normalized spacial score (nSPS) is 11.3. The van der Waals surface area contributed by atoms with Crippen LogP contribution in [0.25, 0.3) is 10.2 Å². The van der Waals surface area contributed by atoms with E-state index in [2.05, 4.69) is 41.8 Å². The molecule has 2 atom stereocenters. The number of hydrogen-bond donors (Lipinski definition) is 1. The van der Waals surface area contributed by atoms with Crippen LogP contribution in [0.4, 0.5) is 5.13 Å². The van der Waals surface area contributed by atoms with E-state index in [0.717, 1.165) is 34.5 Å². The second-order valence-corrected chi connectivity index (χ2v) is 15.3. The van der Waals surface area contributed by atoms with E-state index in [4.69, 9.17) is 47.4 Å². The maximum absolute atomic E-state index is 13.5. The number of rotatable bonds is 28. The quantitative estimate of drug-likeness (QED) is 0.0108. The minimum Gasteiger partial charge on any atom is -0.490 e. The van der Waals surface area contributed by atoms with E-state index in [1.54, 1.807) is 0 Å². The van der Waals surface area contributed by atoms with Crippen LogP contribution in [0.1, 0.15) is 39.1 Å². The van der Waals surface area contributed by atoms with Gasteiger partial charge in [-0.15, -0.1) is 0 Å². The summed E-state index contributed by atoms with van der Waals surface area (Å²) in [5, 5.41) is 4.75. The Morgan fingerprint density at radius 3 is 1.77 bits per heavy atom. The number of fused-ring (bicyclic) bond motifs is 1. The molecule has 1 aromatic heterocycles. The Kier molecular flexibility index (Phi) is 21.1. The van der Waals surface area contributed by atoms with Crippen molar-refractivity contribution in [1.29, 1.82) is 0 Å². The first kappa shape index (κ1) is 54.5. The lowest BCUT2D eigenvalue weighted by molar-refractivity contribution is -0.176. The minimum absolute atomic E-state index is 0.00984. The lowest BCUT2D eigenvalue weighted by Crippen LogP contribution is -2.31. The first-order valence-electron chi connectivity index (χ1n) is 21.5. The number of hydrazone groups is 1. The van der Waals surface area contributed by atoms with Crippen molar-refractivity contribution in [2.45, 2.75) is 25.2 Å². The molecule has 1 N–H and O–H groups in total. The molecule has 1 heterocycles. The van der Waals surface area contributed by atoms with Gasteiger partial charge in [-0.2, -0.15) is 5.10 Å². The molecule has 0 saturated heterocycles. The largest absolute Gasteiger partial charge is 0.490 e. The van der Waals surface area contributed by atoms with E-state index in [-0.39, 0.29) is 79.0 Å². The number of esters is 8. The van der Waals surface area contributed by atoms with Crippen molar-refractivity contribution in [3.8, 4) is 23.0 Å². The molecule has 0 aliphatic heterocycles. The summed E-state index contributed by atoms with van der Waals surface area (Å²) in [7, 11) is 0. The standard InChI is InChI=1S/C51H45N3O18S/c1-5-42(55)63-25-23-46(59)68-38(30-66-44(57)7-3)29-65-35-17-13-32(14-18-35)49(61)70-37-21-22-40(34(27-37)28-52-54-51-53-39-11-9-10-12-41(39)73-51)71-50(62)33-15-19-36(20-16-33)69-48(31-67-45(58)8-4)72-47(60)24-26-64-43(56)6-2/h5-22,27-28,38,48H,1-4,23-26,29-31H2,(H,53,54)/b52-28+. The Hall–Kier alpha value is -9.44. The van der Waals surface area contributed by atoms with Gasteiger partial charge in [0.15, 0.2) is 12.7 Å². The summed E-state index contributed by atoms with van der Waals surface area (Å²) >= 11 is 1.35. The van der Waals surface area contributed by atoms with E-state index in [0.29, 0.717) is 5.13 Å². The summed E-state index contributed by atoms with van der Waals surface area (Å²) in [4.78, 5) is 102. The molecule has 0 spiro atoms. The molecule has 378 valence electrons. The van der Waals surface area contributed by atoms with Crippen LogP contribution in [0.15, 0.2) is 147 Å². The highest BCUT2D eigenvalue weighted by Gasteiger charge is 2.22. The second kappa shape index (κ2) is 28.3. The van der Waals surface area contributed by atoms with Crippen molar-refractivity contribution < 1.29 is 85.7 Å². The zero-order valence-corrected chi connectivity index (χ0v) is 39.4. The monoisotopic (exact) mass is 1020 g/mol. The van der Waals surface area contributed by atoms with Gasteiger partial charge in [0.2, 0.25) is 5.13 Å². The third kappa shape index (κ3) is 18.4. The van der Waals surface area contributed by atoms with Crippen molar-refractivity contribution in [1.82, 2.24) is 4.98 Å². The summed E-state index contributed by atoms with van der Waals surface area (Å²) in [6.45, 7) is 11.5. The molecule has 0 bridgehead atoms. The van der Waals surface area contributed by atoms with Crippen molar-refractivity contribution in [2.75, 3.05) is 38.5 Å². The zero-order chi connectivity index (χ0) is 52.5. The van der Waals surface area contributed by atoms with E-state index >= 15 is 0 Å². The molecule has 22 heteroatoms. The number of aromatic nitrogens is 1. The lowest BCUT2D eigenvalue weighted by Gasteiger charge is -2.19. The maximum Gasteiger partial charge on any atom is 0.343 e. The van der Waals surface area contributed by atoms with Crippen LogP contribution in [0.3, 0.4) is 0 Å². The fourth-order valence-electron chi connectivity index (χ4n) is 5.57. The van der Waals surface area contributed by atoms with E-state index in [1.807, 2.05) is 24.3 Å². The average molecular weight is 1020 g/mol. The third-order valence-corrected chi connectivity index (χ3v) is 9.98. The first-order chi connectivity index (χ1) is 35.2. The van der Waals surface area contributed by atoms with Crippen LogP contribution in [-0.2, 0) is 57.2 Å². The van der Waals surface area contributed by atoms with Crippen molar-refractivity contribution in [2.24, 2.45) is 5.10 Å². The van der Waals surface area contributed by atoms with Gasteiger partial charge in [0.25, 0.3) is 6.29 Å². The van der Waals surface area contributed by atoms with Gasteiger partial charge in [-0.25, -0.2) is 33.8 Å². The average Bonchev–Trinajstić information content (AvgIpc) is 3.82. The van der Waals surface area contributed by atoms with Crippen molar-refractivity contribution in [3.63, 3.8) is 0 Å². The van der Waals surface area contributed by atoms with Crippen molar-refractivity contribution in [3.05, 3.63) is 158 Å². The van der Waals surface area contributed by atoms with E-state index < -0.39 is 66.8 Å². The van der Waals surface area contributed by atoms with Gasteiger partial charge in [-0.3, -0.25) is 15.0 Å². The topological polar surface area (TPSA) is 266 Å². The van der Waals surface area contributed by atoms with E-state index in [1.165, 1.54) is 84.3 Å². The predicted octanol–water partition coefficient (Wildman–Crippen LogP) is 6.42. The van der Waals surface area contributed by atoms with Gasteiger partial charge in [0, 0.05) is 29.9 Å². The Morgan fingerprint density at radius 1 is 0.603 bits per heavy atom. The van der Waals surface area contributed by atoms with Crippen LogP contribution in [0.5, 0.6) is 23.0 Å². The second-order valence-electron chi connectivity index (χ2n) is 14.3. The molecule has 0 fully saturated rings. The van der Waals surface area contributed by atoms with Gasteiger partial charge in [-0.05, 0) is 78.9 Å². The summed E-state index contributed by atoms with van der Waals surface area (Å²) in [5.41, 5.74) is 3.96. The number of ether oxygens (including phenoxy) is 10. The number of carbonyl (C=O) groups is 8. The highest BCUT2D eigenvalue weighted by Crippen LogP contribution is 2.28. The molecule has 2 unspecified atom stereocenters. The van der Waals surface area contributed by atoms with Gasteiger partial charge in [0.05, 0.1) is 40.4 Å². The third-order valence-electron chi connectivity index (χ3n) is 9.04. The predicted molar refractivity (Wildman–Crippen MR) is 260 cm³/mol. The summed E-state index contributed by atoms with van der Waals surface area (Å²) in [6.07, 6.45) is 1.91. The molecule has 5 aromatic rings. The highest BCUT2D eigenvalue weighted by molar-refractivity contribution is 7.22. The van der Waals surface area contributed by atoms with Gasteiger partial charge >= 0.3 is 47.8 Å². The number of anilines is 1. The molecular formula is C51H45N3O18S. The molecule has 21 nitrogen and oxygen atoms in total. The van der Waals surface area contributed by atoms with Crippen LogP contribution >= 0.6 is 11.3 Å². The molecule has 0 aliphatic carbocycles. The number of benzene rings is 4. The highest BCUT2D eigenvalue weighted by atomic mass is 32.1. The molecule has 0 saturated carbocycles. The van der Waals surface area contributed by atoms with Gasteiger partial charge < -0.3 is 47.4 Å². The molecule has 73 heavy (non-hydrogen) atoms. The van der Waals surface area contributed by atoms with Crippen LogP contribution in [0.2, 0.25) is 0 Å². The summed E-state index contributed by atoms with van der Waals surface area (Å²) < 4.78 is 53.9. The number of carbonyl (C=O) groups excluding carboxylic acids is 8. The molecule has 0 radical (unpaired) electrons. The first-order valence-corrected chi connectivity index (χ1v) is 22.4. The fraction of sp³-hybridized carbons (Fsp3) is 0.176. The van der Waals surface area contributed by atoms with Crippen LogP contribution in [0, 0.1) is 0 Å². The number of nitrogens with zero attached hydrogens (tertiary/aromatic N) is 2.